The van der Waals surface area contributed by atoms with Crippen molar-refractivity contribution < 1.29 is 13.2 Å². The van der Waals surface area contributed by atoms with Crippen molar-refractivity contribution in [3.63, 3.8) is 0 Å². The number of hydrogen-bond acceptors (Lipinski definition) is 7. The molecule has 1 saturated carbocycles. The van der Waals surface area contributed by atoms with E-state index in [1.807, 2.05) is 30.3 Å². The summed E-state index contributed by atoms with van der Waals surface area (Å²) in [7, 11) is 0. The van der Waals surface area contributed by atoms with Crippen LogP contribution in [0.25, 0.3) is 11.3 Å². The molecule has 4 aromatic rings. The molecular formula is C24H18F3N7S. The topological polar surface area (TPSA) is 94.4 Å². The third-order valence-electron chi connectivity index (χ3n) is 6.84. The van der Waals surface area contributed by atoms with Gasteiger partial charge >= 0.3 is 6.18 Å². The average Bonchev–Trinajstić information content (AvgIpc) is 3.33. The van der Waals surface area contributed by atoms with Crippen molar-refractivity contribution in [2.45, 2.75) is 27.9 Å². The SMILES string of the molecule is N#CC1(c2ccccc2)C2CCN(c3nc4nc(Sc5cccnc5C(F)(F)F)cnc4[nH]3)CC21. The Morgan fingerprint density at radius 1 is 1.09 bits per heavy atom. The number of imidazole rings is 1. The van der Waals surface area contributed by atoms with Crippen LogP contribution >= 0.6 is 11.8 Å². The highest BCUT2D eigenvalue weighted by atomic mass is 32.2. The van der Waals surface area contributed by atoms with Gasteiger partial charge in [-0.05, 0) is 30.0 Å². The van der Waals surface area contributed by atoms with Crippen molar-refractivity contribution >= 4 is 29.0 Å². The molecule has 176 valence electrons. The number of anilines is 1. The van der Waals surface area contributed by atoms with Crippen LogP contribution in [-0.2, 0) is 11.6 Å². The fourth-order valence-corrected chi connectivity index (χ4v) is 6.06. The largest absolute Gasteiger partial charge is 0.434 e. The number of pyridine rings is 1. The molecule has 1 N–H and O–H groups in total. The second kappa shape index (κ2) is 7.95. The van der Waals surface area contributed by atoms with Crippen molar-refractivity contribution in [2.75, 3.05) is 18.0 Å². The number of nitrogens with one attached hydrogen (secondary N) is 1. The first-order valence-electron chi connectivity index (χ1n) is 11.0. The molecule has 0 radical (unpaired) electrons. The molecule has 6 rings (SSSR count). The van der Waals surface area contributed by atoms with E-state index in [1.165, 1.54) is 18.3 Å². The lowest BCUT2D eigenvalue weighted by molar-refractivity contribution is -0.143. The van der Waals surface area contributed by atoms with Gasteiger partial charge in [0.2, 0.25) is 5.95 Å². The van der Waals surface area contributed by atoms with Crippen LogP contribution in [0.4, 0.5) is 19.1 Å². The Kier molecular flexibility index (Phi) is 4.96. The lowest BCUT2D eigenvalue weighted by atomic mass is 9.93. The second-order valence-electron chi connectivity index (χ2n) is 8.69. The van der Waals surface area contributed by atoms with Crippen LogP contribution in [0.15, 0.2) is 64.8 Å². The predicted octanol–water partition coefficient (Wildman–Crippen LogP) is 4.84. The maximum absolute atomic E-state index is 13.3. The number of fused-ring (bicyclic) bond motifs is 2. The molecule has 7 nitrogen and oxygen atoms in total. The summed E-state index contributed by atoms with van der Waals surface area (Å²) in [6.45, 7) is 1.42. The van der Waals surface area contributed by atoms with Gasteiger partial charge in [0.05, 0.1) is 17.7 Å². The molecule has 3 atom stereocenters. The first-order valence-corrected chi connectivity index (χ1v) is 11.9. The first-order chi connectivity index (χ1) is 16.9. The number of hydrogen-bond donors (Lipinski definition) is 1. The van der Waals surface area contributed by atoms with Gasteiger partial charge < -0.3 is 9.88 Å². The number of halogens is 3. The molecule has 35 heavy (non-hydrogen) atoms. The Morgan fingerprint density at radius 2 is 1.91 bits per heavy atom. The Morgan fingerprint density at radius 3 is 2.69 bits per heavy atom. The first kappa shape index (κ1) is 21.9. The predicted molar refractivity (Wildman–Crippen MR) is 123 cm³/mol. The van der Waals surface area contributed by atoms with Gasteiger partial charge in [0, 0.05) is 30.1 Å². The molecule has 4 heterocycles. The number of nitrogens with zero attached hydrogens (tertiary/aromatic N) is 6. The highest BCUT2D eigenvalue weighted by Gasteiger charge is 2.67. The minimum absolute atomic E-state index is 0.0472. The van der Waals surface area contributed by atoms with Crippen molar-refractivity contribution in [2.24, 2.45) is 11.8 Å². The molecule has 3 aromatic heterocycles. The Bertz CT molecular complexity index is 1450. The molecule has 1 aliphatic carbocycles. The van der Waals surface area contributed by atoms with Crippen molar-refractivity contribution in [3.8, 4) is 6.07 Å². The van der Waals surface area contributed by atoms with Gasteiger partial charge in [0.25, 0.3) is 0 Å². The van der Waals surface area contributed by atoms with Gasteiger partial charge in [-0.2, -0.15) is 23.4 Å². The summed E-state index contributed by atoms with van der Waals surface area (Å²) in [6, 6.07) is 15.3. The third-order valence-corrected chi connectivity index (χ3v) is 7.79. The van der Waals surface area contributed by atoms with Gasteiger partial charge in [-0.25, -0.2) is 9.97 Å². The summed E-state index contributed by atoms with van der Waals surface area (Å²) in [5, 5.41) is 10.3. The maximum Gasteiger partial charge on any atom is 0.434 e. The van der Waals surface area contributed by atoms with Crippen LogP contribution in [0.1, 0.15) is 17.7 Å². The lowest BCUT2D eigenvalue weighted by Gasteiger charge is -2.25. The summed E-state index contributed by atoms with van der Waals surface area (Å²) in [5.41, 5.74) is 0.417. The van der Waals surface area contributed by atoms with Gasteiger partial charge in [0.1, 0.15) is 5.03 Å². The smallest absolute Gasteiger partial charge is 0.342 e. The zero-order chi connectivity index (χ0) is 24.2. The van der Waals surface area contributed by atoms with E-state index in [1.54, 1.807) is 0 Å². The van der Waals surface area contributed by atoms with Crippen LogP contribution in [0.2, 0.25) is 0 Å². The molecule has 1 saturated heterocycles. The molecule has 2 fully saturated rings. The van der Waals surface area contributed by atoms with E-state index in [4.69, 9.17) is 0 Å². The van der Waals surface area contributed by atoms with Gasteiger partial charge in [-0.3, -0.25) is 4.98 Å². The van der Waals surface area contributed by atoms with Crippen LogP contribution in [0.3, 0.4) is 0 Å². The number of rotatable bonds is 4. The van der Waals surface area contributed by atoms with Gasteiger partial charge in [-0.15, -0.1) is 0 Å². The monoisotopic (exact) mass is 493 g/mol. The average molecular weight is 494 g/mol. The molecular weight excluding hydrogens is 475 g/mol. The number of benzene rings is 1. The van der Waals surface area contributed by atoms with Crippen LogP contribution in [-0.4, -0.2) is 38.0 Å². The normalized spacial score (nSPS) is 23.7. The molecule has 0 amide bonds. The number of nitriles is 1. The minimum Gasteiger partial charge on any atom is -0.342 e. The number of alkyl halides is 3. The molecule has 1 aromatic carbocycles. The molecule has 2 aliphatic rings. The number of H-pyrrole nitrogens is 1. The minimum atomic E-state index is -4.56. The van der Waals surface area contributed by atoms with E-state index in [-0.39, 0.29) is 10.8 Å². The number of aromatic amines is 1. The van der Waals surface area contributed by atoms with E-state index in [2.05, 4.69) is 35.9 Å². The summed E-state index contributed by atoms with van der Waals surface area (Å²) in [6.07, 6.45) is -1.16. The second-order valence-corrected chi connectivity index (χ2v) is 9.75. The lowest BCUT2D eigenvalue weighted by Crippen LogP contribution is -2.32. The Hall–Kier alpha value is -3.65. The fraction of sp³-hybridized carbons (Fsp3) is 0.292. The maximum atomic E-state index is 13.3. The van der Waals surface area contributed by atoms with E-state index in [0.717, 1.165) is 36.5 Å². The van der Waals surface area contributed by atoms with Crippen LogP contribution in [0.5, 0.6) is 0 Å². The number of piperidine rings is 1. The van der Waals surface area contributed by atoms with Crippen molar-refractivity contribution in [1.82, 2.24) is 24.9 Å². The highest BCUT2D eigenvalue weighted by Crippen LogP contribution is 2.63. The summed E-state index contributed by atoms with van der Waals surface area (Å²) in [4.78, 5) is 22.0. The highest BCUT2D eigenvalue weighted by molar-refractivity contribution is 7.99. The van der Waals surface area contributed by atoms with Crippen molar-refractivity contribution in [3.05, 3.63) is 66.1 Å². The summed E-state index contributed by atoms with van der Waals surface area (Å²) in [5.74, 6) is 1.12. The standard InChI is InChI=1S/C24H18F3N7S/c25-24(26,27)19-17(7-4-9-29-19)35-18-11-30-20-21(31-18)33-22(32-20)34-10-8-15-16(12-34)23(15,13-28)14-5-2-1-3-6-14/h1-7,9,11,15-16H,8,10,12H2,(H,30,31,32,33). The quantitative estimate of drug-likeness (QED) is 0.435. The number of aromatic nitrogens is 5. The van der Waals surface area contributed by atoms with E-state index >= 15 is 0 Å². The molecule has 1 aliphatic heterocycles. The Balaban J connectivity index is 1.24. The van der Waals surface area contributed by atoms with E-state index < -0.39 is 17.3 Å². The van der Waals surface area contributed by atoms with E-state index in [0.29, 0.717) is 34.7 Å². The fourth-order valence-electron chi connectivity index (χ4n) is 5.19. The summed E-state index contributed by atoms with van der Waals surface area (Å²) < 4.78 is 39.8. The van der Waals surface area contributed by atoms with Crippen LogP contribution < -0.4 is 4.90 Å². The van der Waals surface area contributed by atoms with Gasteiger partial charge in [0.15, 0.2) is 17.0 Å². The molecule has 11 heteroatoms. The van der Waals surface area contributed by atoms with Crippen molar-refractivity contribution in [1.29, 1.82) is 5.26 Å². The van der Waals surface area contributed by atoms with Gasteiger partial charge in [-0.1, -0.05) is 42.1 Å². The molecule has 0 spiro atoms. The third kappa shape index (κ3) is 3.60. The zero-order valence-electron chi connectivity index (χ0n) is 18.2. The summed E-state index contributed by atoms with van der Waals surface area (Å²) >= 11 is 0.849. The zero-order valence-corrected chi connectivity index (χ0v) is 19.0. The Labute approximate surface area is 202 Å². The molecule has 3 unspecified atom stereocenters. The van der Waals surface area contributed by atoms with E-state index in [9.17, 15) is 18.4 Å². The molecule has 0 bridgehead atoms. The van der Waals surface area contributed by atoms with Crippen LogP contribution in [0, 0.1) is 23.2 Å².